The third-order valence-electron chi connectivity index (χ3n) is 6.35. The molecule has 0 saturated carbocycles. The number of carbonyl (C=O) groups is 3. The van der Waals surface area contributed by atoms with E-state index in [1.54, 1.807) is 17.0 Å². The molecule has 2 aromatic carbocycles. The number of morpholine rings is 1. The van der Waals surface area contributed by atoms with Gasteiger partial charge in [0.2, 0.25) is 5.91 Å². The lowest BCUT2D eigenvalue weighted by Gasteiger charge is -2.37. The summed E-state index contributed by atoms with van der Waals surface area (Å²) in [5, 5.41) is 0. The molecule has 2 saturated heterocycles. The Hall–Kier alpha value is -3.26. The van der Waals surface area contributed by atoms with E-state index < -0.39 is 5.82 Å². The number of hydrogen-bond donors (Lipinski definition) is 0. The molecule has 0 bridgehead atoms. The average Bonchev–Trinajstić information content (AvgIpc) is 2.87. The lowest BCUT2D eigenvalue weighted by Crippen LogP contribution is -2.51. The molecule has 0 N–H and O–H groups in total. The van der Waals surface area contributed by atoms with Crippen LogP contribution in [0.5, 0.6) is 5.75 Å². The average molecular weight is 469 g/mol. The number of rotatable bonds is 6. The Morgan fingerprint density at radius 3 is 2.47 bits per heavy atom. The van der Waals surface area contributed by atoms with Gasteiger partial charge in [-0.1, -0.05) is 18.2 Å². The second kappa shape index (κ2) is 10.8. The monoisotopic (exact) mass is 468 g/mol. The molecule has 0 aliphatic carbocycles. The van der Waals surface area contributed by atoms with E-state index in [9.17, 15) is 18.8 Å². The summed E-state index contributed by atoms with van der Waals surface area (Å²) in [6.07, 6.45) is 0.920. The second-order valence-electron chi connectivity index (χ2n) is 8.72. The molecule has 4 rings (SSSR count). The zero-order valence-corrected chi connectivity index (χ0v) is 19.2. The summed E-state index contributed by atoms with van der Waals surface area (Å²) >= 11 is 0. The van der Waals surface area contributed by atoms with Crippen LogP contribution < -0.4 is 4.74 Å². The molecular weight excluding hydrogens is 439 g/mol. The van der Waals surface area contributed by atoms with Crippen LogP contribution in [0.1, 0.15) is 40.5 Å². The normalized spacial score (nSPS) is 19.1. The highest BCUT2D eigenvalue weighted by Crippen LogP contribution is 2.24. The minimum absolute atomic E-state index is 0.000748. The number of carbonyl (C=O) groups excluding carboxylic acids is 3. The van der Waals surface area contributed by atoms with Gasteiger partial charge in [-0.05, 0) is 50.1 Å². The number of ether oxygens (including phenoxy) is 2. The quantitative estimate of drug-likeness (QED) is 0.609. The number of Topliss-reactive ketones (excluding diaryl/α,β-unsaturated/α-hetero) is 1. The molecule has 0 radical (unpaired) electrons. The van der Waals surface area contributed by atoms with E-state index in [0.29, 0.717) is 56.9 Å². The number of nitrogens with zero attached hydrogens (tertiary/aromatic N) is 2. The van der Waals surface area contributed by atoms with Crippen LogP contribution in [0.25, 0.3) is 0 Å². The van der Waals surface area contributed by atoms with Crippen molar-refractivity contribution < 1.29 is 28.2 Å². The van der Waals surface area contributed by atoms with Crippen LogP contribution in [0, 0.1) is 11.7 Å². The zero-order chi connectivity index (χ0) is 24.1. The van der Waals surface area contributed by atoms with Gasteiger partial charge in [0, 0.05) is 31.1 Å². The Morgan fingerprint density at radius 1 is 1.03 bits per heavy atom. The fraction of sp³-hybridized carbons (Fsp3) is 0.423. The minimum Gasteiger partial charge on any atom is -0.490 e. The summed E-state index contributed by atoms with van der Waals surface area (Å²) in [7, 11) is 0. The van der Waals surface area contributed by atoms with Crippen molar-refractivity contribution in [3.63, 3.8) is 0 Å². The molecule has 7 nitrogen and oxygen atoms in total. The van der Waals surface area contributed by atoms with Crippen molar-refractivity contribution in [1.82, 2.24) is 9.80 Å². The molecule has 8 heteroatoms. The first kappa shape index (κ1) is 23.9. The fourth-order valence-corrected chi connectivity index (χ4v) is 4.46. The zero-order valence-electron chi connectivity index (χ0n) is 19.2. The van der Waals surface area contributed by atoms with Gasteiger partial charge in [-0.15, -0.1) is 0 Å². The minimum atomic E-state index is -0.500. The maximum Gasteiger partial charge on any atom is 0.253 e. The molecule has 2 aliphatic heterocycles. The Labute approximate surface area is 198 Å². The second-order valence-corrected chi connectivity index (χ2v) is 8.72. The molecule has 0 aromatic heterocycles. The maximum atomic E-state index is 13.5. The molecule has 2 aliphatic rings. The van der Waals surface area contributed by atoms with E-state index in [0.717, 1.165) is 6.07 Å². The highest BCUT2D eigenvalue weighted by Gasteiger charge is 2.33. The van der Waals surface area contributed by atoms with Crippen molar-refractivity contribution in [2.75, 3.05) is 39.4 Å². The van der Waals surface area contributed by atoms with Crippen LogP contribution in [0.4, 0.5) is 4.39 Å². The first-order valence-electron chi connectivity index (χ1n) is 11.6. The summed E-state index contributed by atoms with van der Waals surface area (Å²) in [5.41, 5.74) is 0.845. The summed E-state index contributed by atoms with van der Waals surface area (Å²) in [5.74, 6) is -0.530. The smallest absolute Gasteiger partial charge is 0.253 e. The van der Waals surface area contributed by atoms with Gasteiger partial charge in [-0.2, -0.15) is 0 Å². The Morgan fingerprint density at radius 2 is 1.76 bits per heavy atom. The molecule has 2 heterocycles. The van der Waals surface area contributed by atoms with Gasteiger partial charge in [0.05, 0.1) is 18.7 Å². The number of hydrogen-bond acceptors (Lipinski definition) is 5. The van der Waals surface area contributed by atoms with Crippen molar-refractivity contribution in [1.29, 1.82) is 0 Å². The van der Waals surface area contributed by atoms with Gasteiger partial charge in [0.1, 0.15) is 24.3 Å². The van der Waals surface area contributed by atoms with Crippen LogP contribution >= 0.6 is 0 Å². The van der Waals surface area contributed by atoms with Gasteiger partial charge in [-0.25, -0.2) is 4.39 Å². The van der Waals surface area contributed by atoms with Gasteiger partial charge >= 0.3 is 0 Å². The molecule has 2 fully saturated rings. The van der Waals surface area contributed by atoms with Crippen molar-refractivity contribution in [2.45, 2.75) is 25.9 Å². The predicted molar refractivity (Wildman–Crippen MR) is 123 cm³/mol. The predicted octanol–water partition coefficient (Wildman–Crippen LogP) is 3.19. The van der Waals surface area contributed by atoms with E-state index >= 15 is 0 Å². The fourth-order valence-electron chi connectivity index (χ4n) is 4.46. The highest BCUT2D eigenvalue weighted by atomic mass is 19.1. The molecule has 34 heavy (non-hydrogen) atoms. The molecule has 1 unspecified atom stereocenters. The van der Waals surface area contributed by atoms with Gasteiger partial charge in [0.15, 0.2) is 5.78 Å². The van der Waals surface area contributed by atoms with E-state index in [1.165, 1.54) is 19.1 Å². The van der Waals surface area contributed by atoms with Gasteiger partial charge in [0.25, 0.3) is 5.91 Å². The van der Waals surface area contributed by atoms with Crippen molar-refractivity contribution in [3.8, 4) is 5.75 Å². The molecule has 180 valence electrons. The number of likely N-dealkylation sites (tertiary alicyclic amines) is 1. The van der Waals surface area contributed by atoms with Crippen LogP contribution in [-0.4, -0.2) is 72.9 Å². The number of piperidine rings is 1. The van der Waals surface area contributed by atoms with Gasteiger partial charge < -0.3 is 19.3 Å². The van der Waals surface area contributed by atoms with Crippen molar-refractivity contribution in [3.05, 3.63) is 65.5 Å². The topological polar surface area (TPSA) is 76.2 Å². The third kappa shape index (κ3) is 5.62. The van der Waals surface area contributed by atoms with Crippen molar-refractivity contribution in [2.24, 2.45) is 5.92 Å². The molecule has 2 aromatic rings. The first-order valence-corrected chi connectivity index (χ1v) is 11.6. The van der Waals surface area contributed by atoms with Crippen LogP contribution in [-0.2, 0) is 9.53 Å². The molecule has 1 atom stereocenters. The van der Waals surface area contributed by atoms with Crippen LogP contribution in [0.15, 0.2) is 48.5 Å². The van der Waals surface area contributed by atoms with E-state index in [2.05, 4.69) is 0 Å². The van der Waals surface area contributed by atoms with Crippen LogP contribution in [0.3, 0.4) is 0 Å². The van der Waals surface area contributed by atoms with E-state index in [4.69, 9.17) is 9.47 Å². The van der Waals surface area contributed by atoms with E-state index in [1.807, 2.05) is 23.1 Å². The van der Waals surface area contributed by atoms with Gasteiger partial charge in [-0.3, -0.25) is 14.4 Å². The molecular formula is C26H29FN2O5. The SMILES string of the molecule is CC(=O)c1cc(F)ccc1OCC1CN(C(=O)C2CCN(C(=O)c3ccccc3)CC2)CCO1. The molecule has 2 amide bonds. The largest absolute Gasteiger partial charge is 0.490 e. The van der Waals surface area contributed by atoms with Crippen molar-refractivity contribution >= 4 is 17.6 Å². The highest BCUT2D eigenvalue weighted by molar-refractivity contribution is 5.96. The van der Waals surface area contributed by atoms with Crippen LogP contribution in [0.2, 0.25) is 0 Å². The number of halogens is 1. The summed E-state index contributed by atoms with van der Waals surface area (Å²) < 4.78 is 25.0. The Bertz CT molecular complexity index is 1040. The lowest BCUT2D eigenvalue weighted by atomic mass is 9.94. The Kier molecular flexibility index (Phi) is 7.57. The maximum absolute atomic E-state index is 13.5. The molecule has 0 spiro atoms. The summed E-state index contributed by atoms with van der Waals surface area (Å²) in [4.78, 5) is 41.2. The lowest BCUT2D eigenvalue weighted by molar-refractivity contribution is -0.145. The first-order chi connectivity index (χ1) is 16.4. The standard InChI is InChI=1S/C26H29FN2O5/c1-18(30)23-15-21(27)7-8-24(23)34-17-22-16-29(13-14-33-22)26(32)20-9-11-28(12-10-20)25(31)19-5-3-2-4-6-19/h2-8,15,20,22H,9-14,16-17H2,1H3. The number of ketones is 1. The van der Waals surface area contributed by atoms with E-state index in [-0.39, 0.29) is 41.8 Å². The third-order valence-corrected chi connectivity index (χ3v) is 6.35. The Balaban J connectivity index is 1.29. The summed E-state index contributed by atoms with van der Waals surface area (Å²) in [6.45, 7) is 3.91. The number of benzene rings is 2. The number of amides is 2. The summed E-state index contributed by atoms with van der Waals surface area (Å²) in [6, 6.07) is 13.0.